The molecule has 0 aliphatic carbocycles. The molecule has 5 nitrogen and oxygen atoms in total. The number of benzene rings is 2. The molecule has 2 aromatic rings. The first kappa shape index (κ1) is 14.1. The minimum atomic E-state index is 0.0734. The molecule has 0 bridgehead atoms. The van der Waals surface area contributed by atoms with E-state index in [2.05, 4.69) is 0 Å². The van der Waals surface area contributed by atoms with E-state index in [1.807, 2.05) is 12.1 Å². The summed E-state index contributed by atoms with van der Waals surface area (Å²) in [5.74, 6) is 1.56. The van der Waals surface area contributed by atoms with Gasteiger partial charge < -0.3 is 18.9 Å². The maximum Gasteiger partial charge on any atom is 0.188 e. The van der Waals surface area contributed by atoms with E-state index >= 15 is 0 Å². The van der Waals surface area contributed by atoms with Crippen LogP contribution < -0.4 is 14.2 Å². The second kappa shape index (κ2) is 6.25. The Kier molecular flexibility index (Phi) is 4.42. The smallest absolute Gasteiger partial charge is 0.188 e. The van der Waals surface area contributed by atoms with Crippen LogP contribution in [0.25, 0.3) is 10.8 Å². The van der Waals surface area contributed by atoms with Gasteiger partial charge in [0.05, 0.1) is 19.6 Å². The van der Waals surface area contributed by atoms with E-state index in [0.717, 1.165) is 11.7 Å². The molecule has 0 atom stereocenters. The lowest BCUT2D eigenvalue weighted by atomic mass is 10.0. The van der Waals surface area contributed by atoms with Gasteiger partial charge in [0.15, 0.2) is 24.6 Å². The molecule has 0 saturated heterocycles. The molecule has 0 spiro atoms. The van der Waals surface area contributed by atoms with Crippen LogP contribution >= 0.6 is 0 Å². The SMILES string of the molecule is COCOc1c(OC)cc(C=O)c2cccc(OC)c12. The van der Waals surface area contributed by atoms with Crippen molar-refractivity contribution >= 4 is 17.1 Å². The van der Waals surface area contributed by atoms with Crippen molar-refractivity contribution in [3.63, 3.8) is 0 Å². The van der Waals surface area contributed by atoms with Crippen LogP contribution in [-0.2, 0) is 4.74 Å². The molecular weight excluding hydrogens is 260 g/mol. The van der Waals surface area contributed by atoms with Crippen LogP contribution in [0.1, 0.15) is 10.4 Å². The highest BCUT2D eigenvalue weighted by Crippen LogP contribution is 2.42. The largest absolute Gasteiger partial charge is 0.496 e. The Morgan fingerprint density at radius 3 is 2.45 bits per heavy atom. The standard InChI is InChI=1S/C15H16O5/c1-17-9-20-15-13(19-3)7-10(8-16)11-5-4-6-12(18-2)14(11)15/h4-8H,9H2,1-3H3. The van der Waals surface area contributed by atoms with Crippen molar-refractivity contribution in [2.24, 2.45) is 0 Å². The molecule has 5 heteroatoms. The maximum absolute atomic E-state index is 11.3. The molecule has 0 unspecified atom stereocenters. The summed E-state index contributed by atoms with van der Waals surface area (Å²) < 4.78 is 21.2. The normalized spacial score (nSPS) is 10.3. The van der Waals surface area contributed by atoms with E-state index in [1.54, 1.807) is 19.2 Å². The third-order valence-electron chi connectivity index (χ3n) is 2.96. The highest BCUT2D eigenvalue weighted by molar-refractivity contribution is 6.05. The van der Waals surface area contributed by atoms with Crippen molar-refractivity contribution in [2.75, 3.05) is 28.1 Å². The van der Waals surface area contributed by atoms with Gasteiger partial charge >= 0.3 is 0 Å². The molecule has 0 N–H and O–H groups in total. The Bertz CT molecular complexity index is 621. The predicted molar refractivity (Wildman–Crippen MR) is 74.9 cm³/mol. The van der Waals surface area contributed by atoms with Gasteiger partial charge in [0.1, 0.15) is 5.75 Å². The minimum absolute atomic E-state index is 0.0734. The molecule has 2 rings (SSSR count). The van der Waals surface area contributed by atoms with Gasteiger partial charge in [-0.25, -0.2) is 0 Å². The summed E-state index contributed by atoms with van der Waals surface area (Å²) in [4.78, 5) is 11.3. The Morgan fingerprint density at radius 2 is 1.85 bits per heavy atom. The summed E-state index contributed by atoms with van der Waals surface area (Å²) in [6, 6.07) is 7.09. The number of aldehydes is 1. The summed E-state index contributed by atoms with van der Waals surface area (Å²) in [5.41, 5.74) is 0.514. The fourth-order valence-electron chi connectivity index (χ4n) is 2.09. The number of hydrogen-bond donors (Lipinski definition) is 0. The minimum Gasteiger partial charge on any atom is -0.496 e. The Labute approximate surface area is 117 Å². The van der Waals surface area contributed by atoms with E-state index in [-0.39, 0.29) is 6.79 Å². The number of methoxy groups -OCH3 is 3. The third kappa shape index (κ3) is 2.40. The Hall–Kier alpha value is -2.27. The highest BCUT2D eigenvalue weighted by atomic mass is 16.7. The summed E-state index contributed by atoms with van der Waals surface area (Å²) in [6.07, 6.45) is 0.782. The molecule has 0 aliphatic rings. The van der Waals surface area contributed by atoms with Crippen molar-refractivity contribution < 1.29 is 23.7 Å². The van der Waals surface area contributed by atoms with Crippen molar-refractivity contribution in [3.05, 3.63) is 29.8 Å². The van der Waals surface area contributed by atoms with Gasteiger partial charge in [0, 0.05) is 12.7 Å². The highest BCUT2D eigenvalue weighted by Gasteiger charge is 2.17. The van der Waals surface area contributed by atoms with E-state index < -0.39 is 0 Å². The monoisotopic (exact) mass is 276 g/mol. The van der Waals surface area contributed by atoms with Crippen molar-refractivity contribution in [2.45, 2.75) is 0 Å². The van der Waals surface area contributed by atoms with Crippen LogP contribution in [0, 0.1) is 0 Å². The van der Waals surface area contributed by atoms with Crippen molar-refractivity contribution in [1.29, 1.82) is 0 Å². The lowest BCUT2D eigenvalue weighted by molar-refractivity contribution is 0.0502. The van der Waals surface area contributed by atoms with Crippen molar-refractivity contribution in [1.82, 2.24) is 0 Å². The van der Waals surface area contributed by atoms with Gasteiger partial charge in [-0.15, -0.1) is 0 Å². The average molecular weight is 276 g/mol. The summed E-state index contributed by atoms with van der Waals surface area (Å²) in [5, 5.41) is 1.43. The fourth-order valence-corrected chi connectivity index (χ4v) is 2.09. The quantitative estimate of drug-likeness (QED) is 0.599. The zero-order valence-corrected chi connectivity index (χ0v) is 11.6. The third-order valence-corrected chi connectivity index (χ3v) is 2.96. The zero-order chi connectivity index (χ0) is 14.5. The Balaban J connectivity index is 2.80. The van der Waals surface area contributed by atoms with E-state index in [9.17, 15) is 4.79 Å². The van der Waals surface area contributed by atoms with E-state index in [4.69, 9.17) is 18.9 Å². The second-order valence-corrected chi connectivity index (χ2v) is 4.05. The number of fused-ring (bicyclic) bond motifs is 1. The molecular formula is C15H16O5. The molecule has 106 valence electrons. The van der Waals surface area contributed by atoms with Gasteiger partial charge in [-0.1, -0.05) is 12.1 Å². The summed E-state index contributed by atoms with van der Waals surface area (Å²) >= 11 is 0. The molecule has 2 aromatic carbocycles. The topological polar surface area (TPSA) is 54.0 Å². The van der Waals surface area contributed by atoms with Crippen LogP contribution in [0.2, 0.25) is 0 Å². The number of carbonyl (C=O) groups excluding carboxylic acids is 1. The Morgan fingerprint density at radius 1 is 1.10 bits per heavy atom. The lowest BCUT2D eigenvalue weighted by Gasteiger charge is -2.16. The summed E-state index contributed by atoms with van der Waals surface area (Å²) in [6.45, 7) is 0.0734. The fraction of sp³-hybridized carbons (Fsp3) is 0.267. The molecule has 0 saturated carbocycles. The number of carbonyl (C=O) groups is 1. The van der Waals surface area contributed by atoms with Gasteiger partial charge in [0.25, 0.3) is 0 Å². The van der Waals surface area contributed by atoms with Crippen LogP contribution in [0.5, 0.6) is 17.2 Å². The first-order chi connectivity index (χ1) is 9.76. The molecule has 0 aromatic heterocycles. The van der Waals surface area contributed by atoms with Gasteiger partial charge in [-0.2, -0.15) is 0 Å². The number of ether oxygens (including phenoxy) is 4. The number of rotatable bonds is 6. The average Bonchev–Trinajstić information content (AvgIpc) is 2.51. The zero-order valence-electron chi connectivity index (χ0n) is 11.6. The van der Waals surface area contributed by atoms with Crippen LogP contribution in [-0.4, -0.2) is 34.4 Å². The van der Waals surface area contributed by atoms with Crippen LogP contribution in [0.3, 0.4) is 0 Å². The van der Waals surface area contributed by atoms with Gasteiger partial charge in [-0.3, -0.25) is 4.79 Å². The molecule has 0 amide bonds. The van der Waals surface area contributed by atoms with E-state index in [0.29, 0.717) is 28.2 Å². The predicted octanol–water partition coefficient (Wildman–Crippen LogP) is 2.65. The molecule has 0 aliphatic heterocycles. The lowest BCUT2D eigenvalue weighted by Crippen LogP contribution is -2.03. The van der Waals surface area contributed by atoms with Crippen LogP contribution in [0.4, 0.5) is 0 Å². The maximum atomic E-state index is 11.3. The first-order valence-corrected chi connectivity index (χ1v) is 6.01. The van der Waals surface area contributed by atoms with Gasteiger partial charge in [0.2, 0.25) is 0 Å². The molecule has 0 radical (unpaired) electrons. The summed E-state index contributed by atoms with van der Waals surface area (Å²) in [7, 11) is 4.62. The van der Waals surface area contributed by atoms with Crippen molar-refractivity contribution in [3.8, 4) is 17.2 Å². The first-order valence-electron chi connectivity index (χ1n) is 6.01. The van der Waals surface area contributed by atoms with Crippen LogP contribution in [0.15, 0.2) is 24.3 Å². The second-order valence-electron chi connectivity index (χ2n) is 4.05. The molecule has 20 heavy (non-hydrogen) atoms. The molecule has 0 heterocycles. The molecule has 0 fully saturated rings. The number of hydrogen-bond acceptors (Lipinski definition) is 5. The van der Waals surface area contributed by atoms with E-state index in [1.165, 1.54) is 14.2 Å². The van der Waals surface area contributed by atoms with Gasteiger partial charge in [-0.05, 0) is 17.5 Å².